The topological polar surface area (TPSA) is 29.3 Å². The lowest BCUT2D eigenvalue weighted by atomic mass is 10.0. The van der Waals surface area contributed by atoms with Gasteiger partial charge in [-0.2, -0.15) is 0 Å². The molecule has 0 fully saturated rings. The van der Waals surface area contributed by atoms with Gasteiger partial charge in [-0.25, -0.2) is 4.39 Å². The second-order valence-corrected chi connectivity index (χ2v) is 5.52. The number of likely N-dealkylation sites (N-methyl/N-ethyl adjacent to an activating group) is 1. The molecule has 0 amide bonds. The van der Waals surface area contributed by atoms with Crippen molar-refractivity contribution >= 4 is 0 Å². The molecule has 0 heterocycles. The highest BCUT2D eigenvalue weighted by molar-refractivity contribution is 5.25. The summed E-state index contributed by atoms with van der Waals surface area (Å²) >= 11 is 0. The minimum atomic E-state index is -0.200. The van der Waals surface area contributed by atoms with Gasteiger partial charge >= 0.3 is 0 Å². The summed E-state index contributed by atoms with van der Waals surface area (Å²) in [4.78, 5) is 2.16. The van der Waals surface area contributed by atoms with Crippen molar-refractivity contribution in [3.8, 4) is 0 Å². The molecule has 0 aliphatic carbocycles. The van der Waals surface area contributed by atoms with Crippen LogP contribution in [0.25, 0.3) is 0 Å². The van der Waals surface area contributed by atoms with Crippen LogP contribution in [0.2, 0.25) is 0 Å². The molecule has 0 saturated carbocycles. The monoisotopic (exact) mass is 286 g/mol. The summed E-state index contributed by atoms with van der Waals surface area (Å²) < 4.78 is 12.9. The normalized spacial score (nSPS) is 12.6. The highest BCUT2D eigenvalue weighted by Crippen LogP contribution is 2.14. The largest absolute Gasteiger partial charge is 0.323 e. The molecule has 0 saturated heterocycles. The van der Waals surface area contributed by atoms with Crippen LogP contribution >= 0.6 is 0 Å². The van der Waals surface area contributed by atoms with Crippen molar-refractivity contribution in [1.29, 1.82) is 0 Å². The van der Waals surface area contributed by atoms with Gasteiger partial charge in [-0.05, 0) is 42.3 Å². The number of aryl methyl sites for hydroxylation is 1. The molecule has 2 aromatic rings. The van der Waals surface area contributed by atoms with Crippen LogP contribution in [0.4, 0.5) is 4.39 Å². The quantitative estimate of drug-likeness (QED) is 0.880. The fraction of sp³-hybridized carbons (Fsp3) is 0.333. The van der Waals surface area contributed by atoms with Crippen molar-refractivity contribution in [3.05, 3.63) is 71.0 Å². The Bertz CT molecular complexity index is 548. The Morgan fingerprint density at radius 3 is 2.14 bits per heavy atom. The van der Waals surface area contributed by atoms with Crippen molar-refractivity contribution in [2.24, 2.45) is 5.73 Å². The highest BCUT2D eigenvalue weighted by atomic mass is 19.1. The molecule has 0 spiro atoms. The summed E-state index contributed by atoms with van der Waals surface area (Å²) in [5, 5.41) is 0. The molecule has 112 valence electrons. The molecule has 0 aliphatic heterocycles. The van der Waals surface area contributed by atoms with Crippen LogP contribution in [0.5, 0.6) is 0 Å². The first-order valence-electron chi connectivity index (χ1n) is 7.36. The summed E-state index contributed by atoms with van der Waals surface area (Å²) in [5.41, 5.74) is 9.83. The van der Waals surface area contributed by atoms with E-state index >= 15 is 0 Å². The van der Waals surface area contributed by atoms with Gasteiger partial charge in [0, 0.05) is 19.1 Å². The molecule has 2 rings (SSSR count). The van der Waals surface area contributed by atoms with Crippen LogP contribution in [0.1, 0.15) is 29.7 Å². The van der Waals surface area contributed by atoms with Gasteiger partial charge in [0.15, 0.2) is 0 Å². The average molecular weight is 286 g/mol. The predicted octanol–water partition coefficient (Wildman–Crippen LogP) is 3.52. The summed E-state index contributed by atoms with van der Waals surface area (Å²) in [6.45, 7) is 3.68. The number of hydrogen-bond acceptors (Lipinski definition) is 2. The predicted molar refractivity (Wildman–Crippen MR) is 85.5 cm³/mol. The highest BCUT2D eigenvalue weighted by Gasteiger charge is 2.09. The Morgan fingerprint density at radius 1 is 1.00 bits per heavy atom. The fourth-order valence-corrected chi connectivity index (χ4v) is 2.41. The average Bonchev–Trinajstić information content (AvgIpc) is 2.49. The maximum Gasteiger partial charge on any atom is 0.123 e. The zero-order valence-electron chi connectivity index (χ0n) is 12.7. The number of nitrogens with two attached hydrogens (primary N) is 1. The van der Waals surface area contributed by atoms with Gasteiger partial charge < -0.3 is 10.6 Å². The molecule has 1 unspecified atom stereocenters. The molecular weight excluding hydrogens is 263 g/mol. The van der Waals surface area contributed by atoms with E-state index in [-0.39, 0.29) is 11.9 Å². The Morgan fingerprint density at radius 2 is 1.57 bits per heavy atom. The van der Waals surface area contributed by atoms with Crippen molar-refractivity contribution in [2.75, 3.05) is 13.6 Å². The van der Waals surface area contributed by atoms with Crippen LogP contribution in [0.3, 0.4) is 0 Å². The van der Waals surface area contributed by atoms with Crippen molar-refractivity contribution in [1.82, 2.24) is 4.90 Å². The summed E-state index contributed by atoms with van der Waals surface area (Å²) in [6.07, 6.45) is 1.04. The first kappa shape index (κ1) is 15.7. The Hall–Kier alpha value is -1.71. The van der Waals surface area contributed by atoms with Crippen molar-refractivity contribution < 1.29 is 4.39 Å². The van der Waals surface area contributed by atoms with Crippen molar-refractivity contribution in [3.63, 3.8) is 0 Å². The lowest BCUT2D eigenvalue weighted by molar-refractivity contribution is 0.305. The van der Waals surface area contributed by atoms with Gasteiger partial charge in [-0.3, -0.25) is 0 Å². The van der Waals surface area contributed by atoms with Gasteiger partial charge in [0.25, 0.3) is 0 Å². The van der Waals surface area contributed by atoms with E-state index in [0.29, 0.717) is 0 Å². The molecule has 0 aromatic heterocycles. The molecule has 0 bridgehead atoms. The van der Waals surface area contributed by atoms with E-state index < -0.39 is 0 Å². The zero-order valence-corrected chi connectivity index (χ0v) is 12.7. The SMILES string of the molecule is CCc1ccc(C(N)CN(C)Cc2ccc(F)cc2)cc1. The van der Waals surface area contributed by atoms with E-state index in [1.165, 1.54) is 17.7 Å². The van der Waals surface area contributed by atoms with Crippen LogP contribution in [0.15, 0.2) is 48.5 Å². The summed E-state index contributed by atoms with van der Waals surface area (Å²) in [7, 11) is 2.03. The van der Waals surface area contributed by atoms with Crippen LogP contribution in [-0.4, -0.2) is 18.5 Å². The molecule has 1 atom stereocenters. The molecule has 2 N–H and O–H groups in total. The molecule has 2 nitrogen and oxygen atoms in total. The second-order valence-electron chi connectivity index (χ2n) is 5.52. The van der Waals surface area contributed by atoms with Gasteiger partial charge in [0.05, 0.1) is 0 Å². The van der Waals surface area contributed by atoms with E-state index in [9.17, 15) is 4.39 Å². The maximum absolute atomic E-state index is 12.9. The lowest BCUT2D eigenvalue weighted by Crippen LogP contribution is -2.28. The number of rotatable bonds is 6. The Balaban J connectivity index is 1.91. The van der Waals surface area contributed by atoms with Gasteiger partial charge in [-0.15, -0.1) is 0 Å². The number of halogens is 1. The van der Waals surface area contributed by atoms with E-state index in [2.05, 4.69) is 36.1 Å². The first-order valence-corrected chi connectivity index (χ1v) is 7.36. The van der Waals surface area contributed by atoms with E-state index in [0.717, 1.165) is 30.6 Å². The summed E-state index contributed by atoms with van der Waals surface area (Å²) in [5.74, 6) is -0.200. The van der Waals surface area contributed by atoms with E-state index in [1.54, 1.807) is 0 Å². The minimum absolute atomic E-state index is 0.0126. The van der Waals surface area contributed by atoms with Gasteiger partial charge in [0.1, 0.15) is 5.82 Å². The zero-order chi connectivity index (χ0) is 15.2. The van der Waals surface area contributed by atoms with E-state index in [4.69, 9.17) is 5.73 Å². The van der Waals surface area contributed by atoms with Crippen LogP contribution in [0, 0.1) is 5.82 Å². The Kier molecular flexibility index (Phi) is 5.48. The molecule has 0 radical (unpaired) electrons. The number of benzene rings is 2. The molecule has 2 aromatic carbocycles. The molecule has 21 heavy (non-hydrogen) atoms. The van der Waals surface area contributed by atoms with Gasteiger partial charge in [0.2, 0.25) is 0 Å². The first-order chi connectivity index (χ1) is 10.1. The summed E-state index contributed by atoms with van der Waals surface area (Å²) in [6, 6.07) is 15.1. The third kappa shape index (κ3) is 4.66. The maximum atomic E-state index is 12.9. The third-order valence-corrected chi connectivity index (χ3v) is 3.69. The third-order valence-electron chi connectivity index (χ3n) is 3.69. The minimum Gasteiger partial charge on any atom is -0.323 e. The van der Waals surface area contributed by atoms with Crippen LogP contribution in [-0.2, 0) is 13.0 Å². The molecular formula is C18H23FN2. The standard InChI is InChI=1S/C18H23FN2/c1-3-14-4-8-16(9-5-14)18(20)13-21(2)12-15-6-10-17(19)11-7-15/h4-11,18H,3,12-13,20H2,1-2H3. The van der Waals surface area contributed by atoms with Gasteiger partial charge in [-0.1, -0.05) is 43.3 Å². The number of nitrogens with zero attached hydrogens (tertiary/aromatic N) is 1. The fourth-order valence-electron chi connectivity index (χ4n) is 2.41. The molecule has 0 aliphatic rings. The molecule has 3 heteroatoms. The Labute approximate surface area is 126 Å². The number of hydrogen-bond donors (Lipinski definition) is 1. The van der Waals surface area contributed by atoms with Crippen LogP contribution < -0.4 is 5.73 Å². The smallest absolute Gasteiger partial charge is 0.123 e. The van der Waals surface area contributed by atoms with E-state index in [1.807, 2.05) is 19.2 Å². The second kappa shape index (κ2) is 7.34. The lowest BCUT2D eigenvalue weighted by Gasteiger charge is -2.21. The van der Waals surface area contributed by atoms with Crippen molar-refractivity contribution in [2.45, 2.75) is 25.9 Å².